The Morgan fingerprint density at radius 1 is 1.00 bits per heavy atom. The molecule has 0 rings (SSSR count). The summed E-state index contributed by atoms with van der Waals surface area (Å²) in [5, 5.41) is 22.8. The third-order valence-corrected chi connectivity index (χ3v) is 1.67. The highest BCUT2D eigenvalue weighted by atomic mass is 32.1. The number of hydrogen-bond donors (Lipinski definition) is 4. The molecule has 8 heteroatoms. The summed E-state index contributed by atoms with van der Waals surface area (Å²) in [6, 6.07) is 0. The molecule has 0 aliphatic rings. The van der Waals surface area contributed by atoms with E-state index in [-0.39, 0.29) is 13.2 Å². The van der Waals surface area contributed by atoms with Crippen LogP contribution in [-0.2, 0) is 4.74 Å². The molecule has 0 aromatic rings. The van der Waals surface area contributed by atoms with Crippen molar-refractivity contribution < 1.29 is 20.1 Å². The first-order valence-corrected chi connectivity index (χ1v) is 7.25. The van der Waals surface area contributed by atoms with E-state index in [0.717, 1.165) is 13.1 Å². The molecule has 20 heavy (non-hydrogen) atoms. The maximum atomic E-state index is 7.57. The van der Waals surface area contributed by atoms with Gasteiger partial charge in [-0.2, -0.15) is 0 Å². The Hall–Kier alpha value is -0.700. The third kappa shape index (κ3) is 43.3. The normalized spacial score (nSPS) is 7.55. The zero-order valence-electron chi connectivity index (χ0n) is 13.1. The number of aliphatic hydroxyl groups excluding tert-OH is 3. The molecule has 0 aliphatic carbocycles. The maximum absolute atomic E-state index is 7.57. The van der Waals surface area contributed by atoms with E-state index in [2.05, 4.69) is 31.8 Å². The van der Waals surface area contributed by atoms with Gasteiger partial charge in [0.2, 0.25) is 0 Å². The van der Waals surface area contributed by atoms with Crippen LogP contribution in [0.25, 0.3) is 0 Å². The van der Waals surface area contributed by atoms with Crippen LogP contribution in [0, 0.1) is 0 Å². The average Bonchev–Trinajstić information content (AvgIpc) is 2.32. The minimum atomic E-state index is -0.500. The summed E-state index contributed by atoms with van der Waals surface area (Å²) in [6.45, 7) is 12.4. The monoisotopic (exact) mass is 330 g/mol. The van der Waals surface area contributed by atoms with E-state index in [9.17, 15) is 0 Å². The lowest BCUT2D eigenvalue weighted by molar-refractivity contribution is 0.264. The van der Waals surface area contributed by atoms with E-state index in [1.54, 1.807) is 13.8 Å². The molecular formula is C12H30N2O4S2. The highest BCUT2D eigenvalue weighted by Crippen LogP contribution is 1.92. The summed E-state index contributed by atoms with van der Waals surface area (Å²) >= 11 is 8.85. The molecule has 0 bridgehead atoms. The van der Waals surface area contributed by atoms with Crippen molar-refractivity contribution in [3.63, 3.8) is 0 Å². The van der Waals surface area contributed by atoms with E-state index >= 15 is 0 Å². The Kier molecular flexibility index (Phi) is 37.0. The van der Waals surface area contributed by atoms with Crippen LogP contribution in [0.5, 0.6) is 0 Å². The molecule has 0 aromatic carbocycles. The van der Waals surface area contributed by atoms with Gasteiger partial charge in [0.25, 0.3) is 10.3 Å². The second-order valence-corrected chi connectivity index (χ2v) is 3.61. The molecule has 0 atom stereocenters. The summed E-state index contributed by atoms with van der Waals surface area (Å²) < 4.78 is 5.14. The first kappa shape index (κ1) is 27.6. The number of nitrogens with zero attached hydrogens (tertiary/aromatic N) is 1. The summed E-state index contributed by atoms with van der Waals surface area (Å²) in [7, 11) is 0. The SMILES string of the molecule is CCO.CCO.CCOC(=S)N(CC)CC.NC(O)=S. The van der Waals surface area contributed by atoms with Gasteiger partial charge in [0.05, 0.1) is 6.61 Å². The highest BCUT2D eigenvalue weighted by Gasteiger charge is 2.03. The number of aliphatic hydroxyl groups is 3. The third-order valence-electron chi connectivity index (χ3n) is 1.29. The average molecular weight is 331 g/mol. The van der Waals surface area contributed by atoms with Gasteiger partial charge in [-0.1, -0.05) is 0 Å². The predicted molar refractivity (Wildman–Crippen MR) is 92.1 cm³/mol. The molecule has 0 saturated carbocycles. The van der Waals surface area contributed by atoms with Crippen LogP contribution in [0.1, 0.15) is 34.6 Å². The van der Waals surface area contributed by atoms with Crippen LogP contribution in [-0.4, -0.2) is 63.5 Å². The van der Waals surface area contributed by atoms with Gasteiger partial charge in [-0.25, -0.2) is 0 Å². The summed E-state index contributed by atoms with van der Waals surface area (Å²) in [5.74, 6) is 0. The number of thiocarbonyl (C=S) groups is 2. The molecule has 6 nitrogen and oxygen atoms in total. The van der Waals surface area contributed by atoms with Gasteiger partial charge in [-0.3, -0.25) is 0 Å². The molecule has 0 spiro atoms. The fraction of sp³-hybridized carbons (Fsp3) is 0.833. The maximum Gasteiger partial charge on any atom is 0.259 e. The van der Waals surface area contributed by atoms with Crippen LogP contribution in [0.15, 0.2) is 0 Å². The van der Waals surface area contributed by atoms with Crippen LogP contribution >= 0.6 is 24.4 Å². The lowest BCUT2D eigenvalue weighted by Crippen LogP contribution is -2.30. The zero-order valence-corrected chi connectivity index (χ0v) is 14.8. The Labute approximate surface area is 133 Å². The molecule has 0 heterocycles. The lowest BCUT2D eigenvalue weighted by Gasteiger charge is -2.20. The Balaban J connectivity index is -0.000000106. The highest BCUT2D eigenvalue weighted by molar-refractivity contribution is 7.80. The van der Waals surface area contributed by atoms with Crippen molar-refractivity contribution in [2.75, 3.05) is 32.9 Å². The summed E-state index contributed by atoms with van der Waals surface area (Å²) in [6.07, 6.45) is 0. The smallest absolute Gasteiger partial charge is 0.259 e. The molecule has 0 aliphatic heterocycles. The van der Waals surface area contributed by atoms with Gasteiger partial charge >= 0.3 is 0 Å². The molecule has 0 aromatic heterocycles. The quantitative estimate of drug-likeness (QED) is 0.577. The Morgan fingerprint density at radius 3 is 1.40 bits per heavy atom. The Morgan fingerprint density at radius 2 is 1.25 bits per heavy atom. The largest absolute Gasteiger partial charge is 0.487 e. The Bertz CT molecular complexity index is 198. The second kappa shape index (κ2) is 26.8. The lowest BCUT2D eigenvalue weighted by atomic mass is 10.6. The van der Waals surface area contributed by atoms with Crippen LogP contribution in [0.4, 0.5) is 0 Å². The van der Waals surface area contributed by atoms with Crippen LogP contribution < -0.4 is 5.73 Å². The number of rotatable bonds is 3. The summed E-state index contributed by atoms with van der Waals surface area (Å²) in [4.78, 5) is 2.01. The first-order chi connectivity index (χ1) is 9.32. The van der Waals surface area contributed by atoms with Gasteiger partial charge in [0.15, 0.2) is 0 Å². The van der Waals surface area contributed by atoms with Crippen molar-refractivity contribution in [3.8, 4) is 0 Å². The molecule has 0 amide bonds. The minimum Gasteiger partial charge on any atom is -0.487 e. The van der Waals surface area contributed by atoms with Gasteiger partial charge in [0.1, 0.15) is 0 Å². The van der Waals surface area contributed by atoms with Gasteiger partial charge in [0, 0.05) is 26.3 Å². The van der Waals surface area contributed by atoms with Gasteiger partial charge in [-0.15, -0.1) is 0 Å². The first-order valence-electron chi connectivity index (χ1n) is 6.44. The molecule has 0 unspecified atom stereocenters. The van der Waals surface area contributed by atoms with E-state index in [4.69, 9.17) is 32.3 Å². The molecule has 124 valence electrons. The van der Waals surface area contributed by atoms with Crippen molar-refractivity contribution in [1.29, 1.82) is 0 Å². The van der Waals surface area contributed by atoms with Crippen LogP contribution in [0.2, 0.25) is 0 Å². The van der Waals surface area contributed by atoms with Crippen molar-refractivity contribution in [1.82, 2.24) is 4.90 Å². The van der Waals surface area contributed by atoms with Crippen molar-refractivity contribution in [3.05, 3.63) is 0 Å². The number of hydrogen-bond acceptors (Lipinski definition) is 5. The fourth-order valence-corrected chi connectivity index (χ4v) is 1.07. The second-order valence-electron chi connectivity index (χ2n) is 2.84. The molecule has 0 radical (unpaired) electrons. The summed E-state index contributed by atoms with van der Waals surface area (Å²) in [5.41, 5.74) is 4.40. The van der Waals surface area contributed by atoms with Crippen molar-refractivity contribution >= 4 is 34.8 Å². The van der Waals surface area contributed by atoms with Crippen molar-refractivity contribution in [2.24, 2.45) is 5.73 Å². The molecule has 5 N–H and O–H groups in total. The fourth-order valence-electron chi connectivity index (χ4n) is 0.697. The number of ether oxygens (including phenoxy) is 1. The van der Waals surface area contributed by atoms with E-state index < -0.39 is 5.17 Å². The molecule has 0 saturated heterocycles. The van der Waals surface area contributed by atoms with Gasteiger partial charge in [-0.05, 0) is 59.1 Å². The predicted octanol–water partition coefficient (Wildman–Crippen LogP) is 1.43. The zero-order chi connectivity index (χ0) is 17.0. The van der Waals surface area contributed by atoms with Gasteiger partial charge < -0.3 is 30.7 Å². The molecular weight excluding hydrogens is 300 g/mol. The van der Waals surface area contributed by atoms with E-state index in [1.165, 1.54) is 0 Å². The number of nitrogens with two attached hydrogens (primary N) is 1. The standard InChI is InChI=1S/C7H15NOS.2C2H6O.CH3NOS/c1-4-8(5-2)7(10)9-6-3;2*1-2-3;2-1(3)4/h4-6H2,1-3H3;2*3H,2H2,1H3;(H3,2,3,4). The molecule has 0 fully saturated rings. The topological polar surface area (TPSA) is 99.2 Å². The van der Waals surface area contributed by atoms with E-state index in [0.29, 0.717) is 11.8 Å². The van der Waals surface area contributed by atoms with Crippen LogP contribution in [0.3, 0.4) is 0 Å². The van der Waals surface area contributed by atoms with Crippen molar-refractivity contribution in [2.45, 2.75) is 34.6 Å². The minimum absolute atomic E-state index is 0.250. The van der Waals surface area contributed by atoms with E-state index in [1.807, 2.05) is 11.8 Å².